The molecule has 0 radical (unpaired) electrons. The Bertz CT molecular complexity index is 389. The average Bonchev–Trinajstić information content (AvgIpc) is 2.36. The van der Waals surface area contributed by atoms with Crippen molar-refractivity contribution in [1.29, 1.82) is 0 Å². The number of benzene rings is 1. The lowest BCUT2D eigenvalue weighted by molar-refractivity contribution is 0.108. The molecule has 3 N–H and O–H groups in total. The maximum absolute atomic E-state index is 13.1. The molecule has 0 aromatic heterocycles. The standard InChI is InChI=1S/C14H20FNO2/c15-13-7-11(3-6-14(13)18)9-16-8-10-1-4-12(17)5-2-10/h3,6-7,10,12,16-18H,1-2,4-5,8-9H2. The summed E-state index contributed by atoms with van der Waals surface area (Å²) in [6.07, 6.45) is 3.77. The molecule has 0 unspecified atom stereocenters. The van der Waals surface area contributed by atoms with Crippen LogP contribution >= 0.6 is 0 Å². The molecule has 18 heavy (non-hydrogen) atoms. The third kappa shape index (κ3) is 3.68. The third-order valence-corrected chi connectivity index (χ3v) is 3.59. The van der Waals surface area contributed by atoms with E-state index in [2.05, 4.69) is 5.32 Å². The van der Waals surface area contributed by atoms with Gasteiger partial charge < -0.3 is 15.5 Å². The molecule has 1 aromatic rings. The van der Waals surface area contributed by atoms with Crippen LogP contribution in [0, 0.1) is 11.7 Å². The van der Waals surface area contributed by atoms with E-state index < -0.39 is 5.82 Å². The van der Waals surface area contributed by atoms with Crippen LogP contribution in [0.25, 0.3) is 0 Å². The number of phenols is 1. The lowest BCUT2D eigenvalue weighted by Gasteiger charge is -2.25. The molecular formula is C14H20FNO2. The number of hydrogen-bond acceptors (Lipinski definition) is 3. The van der Waals surface area contributed by atoms with Crippen LogP contribution in [0.1, 0.15) is 31.2 Å². The van der Waals surface area contributed by atoms with Crippen LogP contribution in [0.3, 0.4) is 0 Å². The maximum Gasteiger partial charge on any atom is 0.165 e. The van der Waals surface area contributed by atoms with Gasteiger partial charge in [-0.05, 0) is 55.8 Å². The zero-order valence-corrected chi connectivity index (χ0v) is 10.4. The predicted molar refractivity (Wildman–Crippen MR) is 67.7 cm³/mol. The predicted octanol–water partition coefficient (Wildman–Crippen LogP) is 2.17. The molecule has 0 heterocycles. The van der Waals surface area contributed by atoms with Crippen LogP contribution in [-0.4, -0.2) is 22.9 Å². The maximum atomic E-state index is 13.1. The molecule has 1 saturated carbocycles. The molecule has 100 valence electrons. The second-order valence-corrected chi connectivity index (χ2v) is 5.09. The number of nitrogens with one attached hydrogen (secondary N) is 1. The van der Waals surface area contributed by atoms with Gasteiger partial charge in [-0.15, -0.1) is 0 Å². The van der Waals surface area contributed by atoms with Gasteiger partial charge in [0.25, 0.3) is 0 Å². The first kappa shape index (κ1) is 13.3. The Morgan fingerprint density at radius 1 is 1.22 bits per heavy atom. The van der Waals surface area contributed by atoms with Crippen molar-refractivity contribution in [2.45, 2.75) is 38.3 Å². The summed E-state index contributed by atoms with van der Waals surface area (Å²) in [6, 6.07) is 4.45. The molecule has 0 atom stereocenters. The van der Waals surface area contributed by atoms with Crippen LogP contribution in [0.15, 0.2) is 18.2 Å². The average molecular weight is 253 g/mol. The number of rotatable bonds is 4. The van der Waals surface area contributed by atoms with E-state index in [4.69, 9.17) is 5.11 Å². The van der Waals surface area contributed by atoms with Gasteiger partial charge >= 0.3 is 0 Å². The minimum atomic E-state index is -0.574. The van der Waals surface area contributed by atoms with Crippen molar-refractivity contribution >= 4 is 0 Å². The van der Waals surface area contributed by atoms with E-state index >= 15 is 0 Å². The largest absolute Gasteiger partial charge is 0.505 e. The first-order chi connectivity index (χ1) is 8.65. The van der Waals surface area contributed by atoms with E-state index in [9.17, 15) is 9.50 Å². The molecule has 0 saturated heterocycles. The highest BCUT2D eigenvalue weighted by Crippen LogP contribution is 2.23. The van der Waals surface area contributed by atoms with Gasteiger partial charge in [-0.2, -0.15) is 0 Å². The van der Waals surface area contributed by atoms with E-state index in [1.807, 2.05) is 0 Å². The van der Waals surface area contributed by atoms with Gasteiger partial charge in [-0.25, -0.2) is 4.39 Å². The number of hydrogen-bond donors (Lipinski definition) is 3. The topological polar surface area (TPSA) is 52.5 Å². The fraction of sp³-hybridized carbons (Fsp3) is 0.571. The minimum Gasteiger partial charge on any atom is -0.505 e. The Balaban J connectivity index is 1.73. The highest BCUT2D eigenvalue weighted by atomic mass is 19.1. The number of halogens is 1. The highest BCUT2D eigenvalue weighted by Gasteiger charge is 2.18. The lowest BCUT2D eigenvalue weighted by atomic mass is 9.87. The van der Waals surface area contributed by atoms with Gasteiger partial charge in [0, 0.05) is 6.54 Å². The number of aromatic hydroxyl groups is 1. The highest BCUT2D eigenvalue weighted by molar-refractivity contribution is 5.27. The molecule has 4 heteroatoms. The summed E-state index contributed by atoms with van der Waals surface area (Å²) in [6.45, 7) is 1.51. The van der Waals surface area contributed by atoms with E-state index in [-0.39, 0.29) is 11.9 Å². The number of phenolic OH excluding ortho intramolecular Hbond substituents is 1. The van der Waals surface area contributed by atoms with E-state index in [0.717, 1.165) is 37.8 Å². The monoisotopic (exact) mass is 253 g/mol. The van der Waals surface area contributed by atoms with Crippen LogP contribution in [-0.2, 0) is 6.54 Å². The summed E-state index contributed by atoms with van der Waals surface area (Å²) in [4.78, 5) is 0. The molecule has 0 aliphatic heterocycles. The molecule has 2 rings (SSSR count). The van der Waals surface area contributed by atoms with Crippen LogP contribution in [0.5, 0.6) is 5.75 Å². The molecule has 0 spiro atoms. The summed E-state index contributed by atoms with van der Waals surface area (Å²) < 4.78 is 13.1. The summed E-state index contributed by atoms with van der Waals surface area (Å²) in [5.74, 6) is -0.273. The minimum absolute atomic E-state index is 0.118. The van der Waals surface area contributed by atoms with Gasteiger partial charge in [-0.1, -0.05) is 6.07 Å². The third-order valence-electron chi connectivity index (χ3n) is 3.59. The zero-order valence-electron chi connectivity index (χ0n) is 10.4. The number of aliphatic hydroxyl groups is 1. The van der Waals surface area contributed by atoms with E-state index in [0.29, 0.717) is 12.5 Å². The van der Waals surface area contributed by atoms with Crippen LogP contribution in [0.4, 0.5) is 4.39 Å². The summed E-state index contributed by atoms with van der Waals surface area (Å²) >= 11 is 0. The van der Waals surface area contributed by atoms with Gasteiger partial charge in [0.05, 0.1) is 6.10 Å². The Morgan fingerprint density at radius 3 is 2.61 bits per heavy atom. The Labute approximate surface area is 107 Å². The summed E-state index contributed by atoms with van der Waals surface area (Å²) in [5, 5.41) is 21.8. The fourth-order valence-corrected chi connectivity index (χ4v) is 2.43. The smallest absolute Gasteiger partial charge is 0.165 e. The Morgan fingerprint density at radius 2 is 1.94 bits per heavy atom. The van der Waals surface area contributed by atoms with Crippen molar-refractivity contribution in [2.75, 3.05) is 6.54 Å². The van der Waals surface area contributed by atoms with E-state index in [1.54, 1.807) is 6.07 Å². The normalized spacial score (nSPS) is 24.1. The Hall–Kier alpha value is -1.13. The second kappa shape index (κ2) is 6.16. The molecule has 0 amide bonds. The van der Waals surface area contributed by atoms with Crippen LogP contribution < -0.4 is 5.32 Å². The molecule has 1 aliphatic rings. The number of aliphatic hydroxyl groups excluding tert-OH is 1. The molecule has 1 aliphatic carbocycles. The summed E-state index contributed by atoms with van der Waals surface area (Å²) in [7, 11) is 0. The first-order valence-corrected chi connectivity index (χ1v) is 6.51. The molecular weight excluding hydrogens is 233 g/mol. The quantitative estimate of drug-likeness (QED) is 0.771. The van der Waals surface area contributed by atoms with Crippen molar-refractivity contribution in [2.24, 2.45) is 5.92 Å². The van der Waals surface area contributed by atoms with Crippen molar-refractivity contribution in [3.8, 4) is 5.75 Å². The molecule has 0 bridgehead atoms. The molecule has 3 nitrogen and oxygen atoms in total. The van der Waals surface area contributed by atoms with Crippen molar-refractivity contribution < 1.29 is 14.6 Å². The fourth-order valence-electron chi connectivity index (χ4n) is 2.43. The van der Waals surface area contributed by atoms with E-state index in [1.165, 1.54) is 12.1 Å². The van der Waals surface area contributed by atoms with Crippen molar-refractivity contribution in [1.82, 2.24) is 5.32 Å². The Kier molecular flexibility index (Phi) is 4.55. The van der Waals surface area contributed by atoms with Crippen LogP contribution in [0.2, 0.25) is 0 Å². The summed E-state index contributed by atoms with van der Waals surface area (Å²) in [5.41, 5.74) is 0.834. The van der Waals surface area contributed by atoms with Crippen molar-refractivity contribution in [3.63, 3.8) is 0 Å². The van der Waals surface area contributed by atoms with Gasteiger partial charge in [0.1, 0.15) is 0 Å². The molecule has 1 aromatic carbocycles. The van der Waals surface area contributed by atoms with Gasteiger partial charge in [0.15, 0.2) is 11.6 Å². The second-order valence-electron chi connectivity index (χ2n) is 5.09. The van der Waals surface area contributed by atoms with Gasteiger partial charge in [-0.3, -0.25) is 0 Å². The first-order valence-electron chi connectivity index (χ1n) is 6.51. The SMILES string of the molecule is Oc1ccc(CNCC2CCC(O)CC2)cc1F. The molecule has 1 fully saturated rings. The zero-order chi connectivity index (χ0) is 13.0. The van der Waals surface area contributed by atoms with Gasteiger partial charge in [0.2, 0.25) is 0 Å². The lowest BCUT2D eigenvalue weighted by Crippen LogP contribution is -2.27. The van der Waals surface area contributed by atoms with Crippen molar-refractivity contribution in [3.05, 3.63) is 29.6 Å².